The summed E-state index contributed by atoms with van der Waals surface area (Å²) in [5.74, 6) is -1.67. The Labute approximate surface area is 129 Å². The lowest BCUT2D eigenvalue weighted by Crippen LogP contribution is -2.49. The van der Waals surface area contributed by atoms with Gasteiger partial charge in [-0.15, -0.1) is 0 Å². The Bertz CT molecular complexity index is 483. The van der Waals surface area contributed by atoms with E-state index in [1.165, 1.54) is 12.7 Å². The number of carbonyl (C=O) groups is 2. The molecule has 0 amide bonds. The number of hydrogen-bond acceptors (Lipinski definition) is 4. The van der Waals surface area contributed by atoms with Crippen LogP contribution >= 0.6 is 0 Å². The Balaban J connectivity index is 1.96. The molecule has 1 aliphatic rings. The van der Waals surface area contributed by atoms with Crippen LogP contribution in [0.1, 0.15) is 44.2 Å². The molecule has 0 spiro atoms. The molecule has 0 aromatic carbocycles. The summed E-state index contributed by atoms with van der Waals surface area (Å²) in [6.07, 6.45) is 9.24. The first-order valence-corrected chi connectivity index (χ1v) is 7.75. The molecule has 4 N–H and O–H groups in total. The van der Waals surface area contributed by atoms with E-state index < -0.39 is 24.0 Å². The fourth-order valence-electron chi connectivity index (χ4n) is 3.07. The summed E-state index contributed by atoms with van der Waals surface area (Å²) < 4.78 is 0. The van der Waals surface area contributed by atoms with Crippen LogP contribution < -0.4 is 5.32 Å². The summed E-state index contributed by atoms with van der Waals surface area (Å²) in [4.78, 5) is 29.5. The Morgan fingerprint density at radius 1 is 1.23 bits per heavy atom. The van der Waals surface area contributed by atoms with Crippen molar-refractivity contribution in [2.45, 2.75) is 57.0 Å². The summed E-state index contributed by atoms with van der Waals surface area (Å²) in [7, 11) is 0. The molecule has 2 rings (SSSR count). The number of rotatable bonds is 8. The molecule has 7 heteroatoms. The minimum Gasteiger partial charge on any atom is -0.480 e. The highest BCUT2D eigenvalue weighted by molar-refractivity contribution is 5.77. The maximum atomic E-state index is 11.5. The van der Waals surface area contributed by atoms with Gasteiger partial charge in [0.15, 0.2) is 0 Å². The van der Waals surface area contributed by atoms with Gasteiger partial charge in [0, 0.05) is 18.3 Å². The van der Waals surface area contributed by atoms with Crippen LogP contribution in [0.25, 0.3) is 0 Å². The van der Waals surface area contributed by atoms with E-state index >= 15 is 0 Å². The number of carboxylic acids is 2. The molecule has 2 atom stereocenters. The summed E-state index contributed by atoms with van der Waals surface area (Å²) in [5, 5.41) is 21.5. The highest BCUT2D eigenvalue weighted by atomic mass is 16.4. The fourth-order valence-corrected chi connectivity index (χ4v) is 3.07. The number of nitrogens with zero attached hydrogens (tertiary/aromatic N) is 1. The zero-order valence-corrected chi connectivity index (χ0v) is 12.5. The van der Waals surface area contributed by atoms with E-state index in [4.69, 9.17) is 0 Å². The van der Waals surface area contributed by atoms with E-state index in [2.05, 4.69) is 15.3 Å². The van der Waals surface area contributed by atoms with Gasteiger partial charge >= 0.3 is 11.9 Å². The van der Waals surface area contributed by atoms with Gasteiger partial charge in [-0.3, -0.25) is 14.9 Å². The molecule has 0 aliphatic heterocycles. The van der Waals surface area contributed by atoms with E-state index in [1.807, 2.05) is 0 Å². The summed E-state index contributed by atoms with van der Waals surface area (Å²) in [6, 6.07) is -1.77. The molecule has 7 nitrogen and oxygen atoms in total. The van der Waals surface area contributed by atoms with Crippen LogP contribution in [0.3, 0.4) is 0 Å². The minimum atomic E-state index is -1.05. The third kappa shape index (κ3) is 4.84. The van der Waals surface area contributed by atoms with Gasteiger partial charge in [-0.25, -0.2) is 4.98 Å². The first-order valence-electron chi connectivity index (χ1n) is 7.75. The summed E-state index contributed by atoms with van der Waals surface area (Å²) in [6.45, 7) is 0. The summed E-state index contributed by atoms with van der Waals surface area (Å²) in [5.41, 5.74) is 0.668. The van der Waals surface area contributed by atoms with Crippen LogP contribution in [0.15, 0.2) is 12.5 Å². The van der Waals surface area contributed by atoms with Gasteiger partial charge < -0.3 is 15.2 Å². The van der Waals surface area contributed by atoms with Crippen molar-refractivity contribution in [1.82, 2.24) is 15.3 Å². The smallest absolute Gasteiger partial charge is 0.321 e. The molecular weight excluding hydrogens is 286 g/mol. The standard InChI is InChI=1S/C15H23N3O4/c19-14(20)12(6-10-4-2-1-3-5-10)18-13(15(21)22)7-11-8-16-9-17-11/h8-10,12-13,18H,1-7H2,(H,16,17)(H,19,20)(H,21,22)/t12?,13-/m0/s1. The molecule has 1 unspecified atom stereocenters. The number of aromatic nitrogens is 2. The number of hydrogen-bond donors (Lipinski definition) is 4. The maximum Gasteiger partial charge on any atom is 0.321 e. The molecular formula is C15H23N3O4. The van der Waals surface area contributed by atoms with Crippen LogP contribution in [0, 0.1) is 5.92 Å². The monoisotopic (exact) mass is 309 g/mol. The fraction of sp³-hybridized carbons (Fsp3) is 0.667. The Morgan fingerprint density at radius 3 is 2.45 bits per heavy atom. The van der Waals surface area contributed by atoms with Crippen molar-refractivity contribution in [3.63, 3.8) is 0 Å². The maximum absolute atomic E-state index is 11.5. The van der Waals surface area contributed by atoms with Crippen molar-refractivity contribution in [3.8, 4) is 0 Å². The molecule has 0 saturated heterocycles. The zero-order chi connectivity index (χ0) is 15.9. The van der Waals surface area contributed by atoms with Crippen LogP contribution in [-0.4, -0.2) is 44.2 Å². The van der Waals surface area contributed by atoms with Crippen molar-refractivity contribution in [2.75, 3.05) is 0 Å². The predicted molar refractivity (Wildman–Crippen MR) is 79.5 cm³/mol. The first kappa shape index (κ1) is 16.5. The van der Waals surface area contributed by atoms with E-state index in [0.717, 1.165) is 25.7 Å². The van der Waals surface area contributed by atoms with E-state index in [0.29, 0.717) is 18.0 Å². The molecule has 1 aromatic rings. The third-order valence-electron chi connectivity index (χ3n) is 4.27. The van der Waals surface area contributed by atoms with Crippen molar-refractivity contribution < 1.29 is 19.8 Å². The lowest BCUT2D eigenvalue weighted by atomic mass is 9.84. The van der Waals surface area contributed by atoms with E-state index in [9.17, 15) is 19.8 Å². The SMILES string of the molecule is O=C(O)C(CC1CCCCC1)N[C@@H](Cc1cnc[nH]1)C(=O)O. The van der Waals surface area contributed by atoms with Crippen molar-refractivity contribution in [1.29, 1.82) is 0 Å². The normalized spacial score (nSPS) is 18.7. The molecule has 0 bridgehead atoms. The molecule has 22 heavy (non-hydrogen) atoms. The number of aliphatic carboxylic acids is 2. The highest BCUT2D eigenvalue weighted by Gasteiger charge is 2.29. The average molecular weight is 309 g/mol. The van der Waals surface area contributed by atoms with Crippen LogP contribution in [-0.2, 0) is 16.0 Å². The topological polar surface area (TPSA) is 115 Å². The molecule has 1 heterocycles. The van der Waals surface area contributed by atoms with Crippen LogP contribution in [0.5, 0.6) is 0 Å². The second-order valence-electron chi connectivity index (χ2n) is 5.97. The average Bonchev–Trinajstić information content (AvgIpc) is 2.99. The zero-order valence-electron chi connectivity index (χ0n) is 12.5. The number of aromatic amines is 1. The molecule has 1 aliphatic carbocycles. The van der Waals surface area contributed by atoms with Gasteiger partial charge in [0.1, 0.15) is 12.1 Å². The molecule has 1 fully saturated rings. The number of H-pyrrole nitrogens is 1. The van der Waals surface area contributed by atoms with Gasteiger partial charge in [0.25, 0.3) is 0 Å². The molecule has 1 saturated carbocycles. The number of carboxylic acid groups (broad SMARTS) is 2. The van der Waals surface area contributed by atoms with Gasteiger partial charge in [-0.05, 0) is 12.3 Å². The Morgan fingerprint density at radius 2 is 1.91 bits per heavy atom. The largest absolute Gasteiger partial charge is 0.480 e. The van der Waals surface area contributed by atoms with Gasteiger partial charge in [0.05, 0.1) is 6.33 Å². The Hall–Kier alpha value is -1.89. The molecule has 122 valence electrons. The third-order valence-corrected chi connectivity index (χ3v) is 4.27. The highest BCUT2D eigenvalue weighted by Crippen LogP contribution is 2.27. The van der Waals surface area contributed by atoms with E-state index in [1.54, 1.807) is 6.20 Å². The van der Waals surface area contributed by atoms with Crippen LogP contribution in [0.4, 0.5) is 0 Å². The second kappa shape index (κ2) is 7.93. The van der Waals surface area contributed by atoms with Crippen molar-refractivity contribution >= 4 is 11.9 Å². The van der Waals surface area contributed by atoms with E-state index in [-0.39, 0.29) is 6.42 Å². The molecule has 0 radical (unpaired) electrons. The quantitative estimate of drug-likeness (QED) is 0.577. The van der Waals surface area contributed by atoms with Gasteiger partial charge in [0.2, 0.25) is 0 Å². The lowest BCUT2D eigenvalue weighted by molar-refractivity contribution is -0.143. The minimum absolute atomic E-state index is 0.184. The second-order valence-corrected chi connectivity index (χ2v) is 5.97. The predicted octanol–water partition coefficient (Wildman–Crippen LogP) is 1.42. The first-order chi connectivity index (χ1) is 10.6. The van der Waals surface area contributed by atoms with Crippen molar-refractivity contribution in [2.24, 2.45) is 5.92 Å². The van der Waals surface area contributed by atoms with Crippen LogP contribution in [0.2, 0.25) is 0 Å². The number of nitrogens with one attached hydrogen (secondary N) is 2. The molecule has 1 aromatic heterocycles. The lowest BCUT2D eigenvalue weighted by Gasteiger charge is -2.26. The summed E-state index contributed by atoms with van der Waals surface area (Å²) >= 11 is 0. The van der Waals surface area contributed by atoms with Crippen molar-refractivity contribution in [3.05, 3.63) is 18.2 Å². The number of imidazole rings is 1. The van der Waals surface area contributed by atoms with Gasteiger partial charge in [-0.1, -0.05) is 32.1 Å². The Kier molecular flexibility index (Phi) is 5.94. The van der Waals surface area contributed by atoms with Gasteiger partial charge in [-0.2, -0.15) is 0 Å².